The van der Waals surface area contributed by atoms with Gasteiger partial charge in [0.2, 0.25) is 0 Å². The van der Waals surface area contributed by atoms with Gasteiger partial charge in [0.15, 0.2) is 5.82 Å². The maximum atomic E-state index is 5.92. The van der Waals surface area contributed by atoms with Crippen molar-refractivity contribution in [2.75, 3.05) is 37.4 Å². The van der Waals surface area contributed by atoms with Crippen LogP contribution in [-0.2, 0) is 4.74 Å². The number of aromatic nitrogens is 1. The number of halogens is 1. The zero-order chi connectivity index (χ0) is 12.0. The molecule has 1 heterocycles. The summed E-state index contributed by atoms with van der Waals surface area (Å²) in [6.07, 6.45) is 3.55. The molecule has 0 radical (unpaired) electrons. The van der Waals surface area contributed by atoms with Crippen molar-refractivity contribution >= 4 is 27.4 Å². The number of methoxy groups -OCH3 is 1. The molecule has 0 amide bonds. The second kappa shape index (κ2) is 6.50. The van der Waals surface area contributed by atoms with Crippen LogP contribution in [0.1, 0.15) is 0 Å². The predicted octanol–water partition coefficient (Wildman–Crippen LogP) is 2.07. The summed E-state index contributed by atoms with van der Waals surface area (Å²) in [5, 5.41) is 0. The van der Waals surface area contributed by atoms with Gasteiger partial charge in [-0.3, -0.25) is 0 Å². The SMILES string of the molecule is C=CCN(CCOC)c1ncc(Br)cc1N. The standard InChI is InChI=1S/C11H16BrN3O/c1-3-4-15(5-6-16-2)11-10(13)7-9(12)8-14-11/h3,7-8H,1,4-6,13H2,2H3. The minimum Gasteiger partial charge on any atom is -0.396 e. The molecule has 0 aliphatic rings. The van der Waals surface area contributed by atoms with Crippen molar-refractivity contribution in [1.82, 2.24) is 4.98 Å². The number of rotatable bonds is 6. The van der Waals surface area contributed by atoms with Gasteiger partial charge in [-0.05, 0) is 22.0 Å². The Kier molecular flexibility index (Phi) is 5.28. The van der Waals surface area contributed by atoms with Crippen LogP contribution in [0.3, 0.4) is 0 Å². The van der Waals surface area contributed by atoms with Gasteiger partial charge in [0.25, 0.3) is 0 Å². The highest BCUT2D eigenvalue weighted by Gasteiger charge is 2.09. The molecule has 4 nitrogen and oxygen atoms in total. The number of nitrogens with two attached hydrogens (primary N) is 1. The second-order valence-electron chi connectivity index (χ2n) is 3.29. The van der Waals surface area contributed by atoms with Crippen molar-refractivity contribution in [3.8, 4) is 0 Å². The van der Waals surface area contributed by atoms with Crippen LogP contribution in [0.4, 0.5) is 11.5 Å². The quantitative estimate of drug-likeness (QED) is 0.813. The van der Waals surface area contributed by atoms with Crippen molar-refractivity contribution in [3.05, 3.63) is 29.4 Å². The van der Waals surface area contributed by atoms with E-state index in [9.17, 15) is 0 Å². The Hall–Kier alpha value is -1.07. The van der Waals surface area contributed by atoms with Gasteiger partial charge >= 0.3 is 0 Å². The van der Waals surface area contributed by atoms with Crippen LogP contribution >= 0.6 is 15.9 Å². The smallest absolute Gasteiger partial charge is 0.152 e. The lowest BCUT2D eigenvalue weighted by molar-refractivity contribution is 0.205. The number of nitrogen functional groups attached to an aromatic ring is 1. The van der Waals surface area contributed by atoms with Crippen molar-refractivity contribution in [1.29, 1.82) is 0 Å². The van der Waals surface area contributed by atoms with Gasteiger partial charge in [0.1, 0.15) is 0 Å². The van der Waals surface area contributed by atoms with E-state index in [1.165, 1.54) is 0 Å². The van der Waals surface area contributed by atoms with E-state index < -0.39 is 0 Å². The Balaban J connectivity index is 2.86. The van der Waals surface area contributed by atoms with E-state index in [1.807, 2.05) is 17.0 Å². The Labute approximate surface area is 104 Å². The minimum atomic E-state index is 0.630. The third kappa shape index (κ3) is 3.50. The fourth-order valence-corrected chi connectivity index (χ4v) is 1.70. The van der Waals surface area contributed by atoms with E-state index in [2.05, 4.69) is 27.5 Å². The lowest BCUT2D eigenvalue weighted by Gasteiger charge is -2.23. The highest BCUT2D eigenvalue weighted by molar-refractivity contribution is 9.10. The molecule has 1 aromatic heterocycles. The minimum absolute atomic E-state index is 0.630. The lowest BCUT2D eigenvalue weighted by Crippen LogP contribution is -2.28. The van der Waals surface area contributed by atoms with Crippen LogP contribution in [0.25, 0.3) is 0 Å². The highest BCUT2D eigenvalue weighted by Crippen LogP contribution is 2.23. The zero-order valence-electron chi connectivity index (χ0n) is 9.32. The molecular formula is C11H16BrN3O. The van der Waals surface area contributed by atoms with Crippen molar-refractivity contribution in [3.63, 3.8) is 0 Å². The van der Waals surface area contributed by atoms with Gasteiger partial charge in [0, 0.05) is 30.9 Å². The normalized spacial score (nSPS) is 10.1. The summed E-state index contributed by atoms with van der Waals surface area (Å²) >= 11 is 3.33. The summed E-state index contributed by atoms with van der Waals surface area (Å²) in [5.41, 5.74) is 6.56. The first-order chi connectivity index (χ1) is 7.69. The van der Waals surface area contributed by atoms with Crippen LogP contribution in [0.5, 0.6) is 0 Å². The van der Waals surface area contributed by atoms with Gasteiger partial charge in [-0.2, -0.15) is 0 Å². The van der Waals surface area contributed by atoms with Crippen molar-refractivity contribution in [2.45, 2.75) is 0 Å². The van der Waals surface area contributed by atoms with Crippen LogP contribution in [0, 0.1) is 0 Å². The second-order valence-corrected chi connectivity index (χ2v) is 4.21. The van der Waals surface area contributed by atoms with E-state index in [-0.39, 0.29) is 0 Å². The molecule has 0 unspecified atom stereocenters. The fourth-order valence-electron chi connectivity index (χ4n) is 1.35. The zero-order valence-corrected chi connectivity index (χ0v) is 10.9. The molecule has 5 heteroatoms. The number of ether oxygens (including phenoxy) is 1. The molecule has 0 spiro atoms. The maximum absolute atomic E-state index is 5.92. The predicted molar refractivity (Wildman–Crippen MR) is 70.6 cm³/mol. The molecule has 0 aliphatic heterocycles. The average Bonchev–Trinajstić information content (AvgIpc) is 2.25. The third-order valence-corrected chi connectivity index (χ3v) is 2.51. The van der Waals surface area contributed by atoms with Crippen molar-refractivity contribution in [2.24, 2.45) is 0 Å². The maximum Gasteiger partial charge on any atom is 0.152 e. The van der Waals surface area contributed by atoms with Crippen LogP contribution < -0.4 is 10.6 Å². The number of pyridine rings is 1. The molecule has 16 heavy (non-hydrogen) atoms. The molecule has 0 aliphatic carbocycles. The van der Waals surface area contributed by atoms with Crippen molar-refractivity contribution < 1.29 is 4.74 Å². The van der Waals surface area contributed by atoms with Gasteiger partial charge in [0.05, 0.1) is 12.3 Å². The van der Waals surface area contributed by atoms with Crippen LogP contribution in [0.15, 0.2) is 29.4 Å². The Bertz CT molecular complexity index is 357. The molecule has 0 fully saturated rings. The monoisotopic (exact) mass is 285 g/mol. The molecule has 1 aromatic rings. The highest BCUT2D eigenvalue weighted by atomic mass is 79.9. The number of hydrogen-bond donors (Lipinski definition) is 1. The van der Waals surface area contributed by atoms with E-state index >= 15 is 0 Å². The molecule has 2 N–H and O–H groups in total. The van der Waals surface area contributed by atoms with E-state index in [4.69, 9.17) is 10.5 Å². The van der Waals surface area contributed by atoms with Gasteiger partial charge < -0.3 is 15.4 Å². The largest absolute Gasteiger partial charge is 0.396 e. The fraction of sp³-hybridized carbons (Fsp3) is 0.364. The third-order valence-electron chi connectivity index (χ3n) is 2.08. The van der Waals surface area contributed by atoms with Crippen LogP contribution in [0.2, 0.25) is 0 Å². The molecular weight excluding hydrogens is 270 g/mol. The van der Waals surface area contributed by atoms with Gasteiger partial charge in [-0.25, -0.2) is 4.98 Å². The first kappa shape index (κ1) is 13.0. The summed E-state index contributed by atoms with van der Waals surface area (Å²) in [6, 6.07) is 1.84. The molecule has 0 bridgehead atoms. The molecule has 0 saturated carbocycles. The Morgan fingerprint density at radius 3 is 3.00 bits per heavy atom. The lowest BCUT2D eigenvalue weighted by atomic mass is 10.3. The molecule has 0 aromatic carbocycles. The van der Waals surface area contributed by atoms with E-state index in [0.29, 0.717) is 18.8 Å². The molecule has 0 atom stereocenters. The molecule has 88 valence electrons. The van der Waals surface area contributed by atoms with Gasteiger partial charge in [-0.1, -0.05) is 6.08 Å². The Morgan fingerprint density at radius 2 is 2.44 bits per heavy atom. The molecule has 1 rings (SSSR count). The molecule has 0 saturated heterocycles. The first-order valence-electron chi connectivity index (χ1n) is 4.94. The van der Waals surface area contributed by atoms with Crippen LogP contribution in [-0.4, -0.2) is 31.8 Å². The summed E-state index contributed by atoms with van der Waals surface area (Å²) < 4.78 is 5.92. The summed E-state index contributed by atoms with van der Waals surface area (Å²) in [5.74, 6) is 0.764. The average molecular weight is 286 g/mol. The van der Waals surface area contributed by atoms with E-state index in [1.54, 1.807) is 13.3 Å². The topological polar surface area (TPSA) is 51.4 Å². The van der Waals surface area contributed by atoms with E-state index in [0.717, 1.165) is 16.8 Å². The first-order valence-corrected chi connectivity index (χ1v) is 5.74. The number of hydrogen-bond acceptors (Lipinski definition) is 4. The Morgan fingerprint density at radius 1 is 1.69 bits per heavy atom. The summed E-state index contributed by atoms with van der Waals surface area (Å²) in [7, 11) is 1.67. The van der Waals surface area contributed by atoms with Gasteiger partial charge in [-0.15, -0.1) is 6.58 Å². The summed E-state index contributed by atoms with van der Waals surface area (Å²) in [4.78, 5) is 6.33. The number of nitrogens with zero attached hydrogens (tertiary/aromatic N) is 2. The summed E-state index contributed by atoms with van der Waals surface area (Å²) in [6.45, 7) is 5.79. The number of anilines is 2.